The Bertz CT molecular complexity index is 606. The smallest absolute Gasteiger partial charge is 0.354 e. The molecule has 0 saturated heterocycles. The topological polar surface area (TPSA) is 76.5 Å². The molecule has 6 heteroatoms. The molecule has 18 heavy (non-hydrogen) atoms. The van der Waals surface area contributed by atoms with E-state index in [1.165, 1.54) is 30.7 Å². The number of rotatable bonds is 3. The summed E-state index contributed by atoms with van der Waals surface area (Å²) in [6, 6.07) is 4.82. The van der Waals surface area contributed by atoms with Crippen molar-refractivity contribution < 1.29 is 19.4 Å². The van der Waals surface area contributed by atoms with E-state index in [0.29, 0.717) is 10.4 Å². The first-order valence-electron chi connectivity index (χ1n) is 4.98. The van der Waals surface area contributed by atoms with Gasteiger partial charge in [0.25, 0.3) is 0 Å². The second-order valence-electron chi connectivity index (χ2n) is 3.43. The number of carboxylic acid groups (broad SMARTS) is 1. The number of methoxy groups -OCH3 is 1. The summed E-state index contributed by atoms with van der Waals surface area (Å²) in [7, 11) is 1.32. The Morgan fingerprint density at radius 3 is 2.78 bits per heavy atom. The third-order valence-corrected chi connectivity index (χ3v) is 3.21. The summed E-state index contributed by atoms with van der Waals surface area (Å²) in [4.78, 5) is 26.3. The summed E-state index contributed by atoms with van der Waals surface area (Å²) in [5, 5.41) is 10.6. The van der Waals surface area contributed by atoms with Gasteiger partial charge in [-0.2, -0.15) is 0 Å². The van der Waals surface area contributed by atoms with Gasteiger partial charge in [-0.25, -0.2) is 14.6 Å². The van der Waals surface area contributed by atoms with E-state index in [1.807, 2.05) is 0 Å². The summed E-state index contributed by atoms with van der Waals surface area (Å²) in [6.07, 6.45) is 1.42. The molecule has 1 N–H and O–H groups in total. The average molecular weight is 263 g/mol. The molecule has 0 atom stereocenters. The van der Waals surface area contributed by atoms with Gasteiger partial charge in [-0.05, 0) is 34.7 Å². The monoisotopic (exact) mass is 263 g/mol. The summed E-state index contributed by atoms with van der Waals surface area (Å²) in [5.74, 6) is -1.49. The molecule has 0 amide bonds. The van der Waals surface area contributed by atoms with Crippen LogP contribution in [-0.2, 0) is 4.74 Å². The van der Waals surface area contributed by atoms with Crippen molar-refractivity contribution in [2.45, 2.75) is 0 Å². The van der Waals surface area contributed by atoms with E-state index in [9.17, 15) is 9.59 Å². The van der Waals surface area contributed by atoms with Crippen molar-refractivity contribution >= 4 is 23.3 Å². The number of hydrogen-bond acceptors (Lipinski definition) is 5. The quantitative estimate of drug-likeness (QED) is 0.860. The zero-order valence-corrected chi connectivity index (χ0v) is 10.2. The number of thiophene rings is 1. The Balaban J connectivity index is 2.37. The first-order valence-corrected chi connectivity index (χ1v) is 5.86. The molecule has 2 aromatic heterocycles. The summed E-state index contributed by atoms with van der Waals surface area (Å²) < 4.78 is 4.61. The number of pyridine rings is 1. The Kier molecular flexibility index (Phi) is 3.38. The van der Waals surface area contributed by atoms with Gasteiger partial charge < -0.3 is 9.84 Å². The van der Waals surface area contributed by atoms with Crippen molar-refractivity contribution in [1.82, 2.24) is 4.98 Å². The van der Waals surface area contributed by atoms with Gasteiger partial charge in [0.2, 0.25) is 0 Å². The van der Waals surface area contributed by atoms with Crippen LogP contribution in [0, 0.1) is 0 Å². The average Bonchev–Trinajstić information content (AvgIpc) is 2.87. The molecular formula is C12H9NO4S. The third-order valence-electron chi connectivity index (χ3n) is 2.30. The zero-order valence-electron chi connectivity index (χ0n) is 9.41. The van der Waals surface area contributed by atoms with Gasteiger partial charge in [0.15, 0.2) is 0 Å². The molecule has 0 spiro atoms. The van der Waals surface area contributed by atoms with Crippen LogP contribution in [0.3, 0.4) is 0 Å². The van der Waals surface area contributed by atoms with Crippen molar-refractivity contribution in [1.29, 1.82) is 0 Å². The predicted molar refractivity (Wildman–Crippen MR) is 65.8 cm³/mol. The van der Waals surface area contributed by atoms with Gasteiger partial charge in [-0.3, -0.25) is 0 Å². The molecule has 0 aliphatic heterocycles. The van der Waals surface area contributed by atoms with E-state index in [-0.39, 0.29) is 5.69 Å². The number of hydrogen-bond donors (Lipinski definition) is 1. The summed E-state index contributed by atoms with van der Waals surface area (Å²) in [6.45, 7) is 0. The maximum atomic E-state index is 11.3. The highest BCUT2D eigenvalue weighted by Gasteiger charge is 2.11. The number of nitrogens with zero attached hydrogens (tertiary/aromatic N) is 1. The second-order valence-corrected chi connectivity index (χ2v) is 4.34. The Hall–Kier alpha value is -2.21. The van der Waals surface area contributed by atoms with E-state index < -0.39 is 11.9 Å². The fourth-order valence-corrected chi connectivity index (χ4v) is 2.25. The molecule has 5 nitrogen and oxygen atoms in total. The van der Waals surface area contributed by atoms with E-state index in [2.05, 4.69) is 9.72 Å². The maximum Gasteiger partial charge on any atom is 0.354 e. The van der Waals surface area contributed by atoms with Crippen LogP contribution < -0.4 is 0 Å². The van der Waals surface area contributed by atoms with E-state index in [0.717, 1.165) is 5.56 Å². The number of carbonyl (C=O) groups excluding carboxylic acids is 1. The Morgan fingerprint density at radius 2 is 2.11 bits per heavy atom. The number of aromatic nitrogens is 1. The van der Waals surface area contributed by atoms with Crippen LogP contribution in [0.2, 0.25) is 0 Å². The van der Waals surface area contributed by atoms with Crippen LogP contribution in [-0.4, -0.2) is 29.1 Å². The number of aromatic carboxylic acids is 1. The normalized spacial score (nSPS) is 10.1. The van der Waals surface area contributed by atoms with Gasteiger partial charge in [-0.1, -0.05) is 0 Å². The van der Waals surface area contributed by atoms with E-state index >= 15 is 0 Å². The molecule has 2 rings (SSSR count). The molecule has 0 saturated carbocycles. The first kappa shape index (κ1) is 12.3. The van der Waals surface area contributed by atoms with Crippen LogP contribution in [0.25, 0.3) is 11.1 Å². The molecule has 0 radical (unpaired) electrons. The lowest BCUT2D eigenvalue weighted by Crippen LogP contribution is -1.99. The Labute approximate surface area is 107 Å². The van der Waals surface area contributed by atoms with E-state index in [4.69, 9.17) is 5.11 Å². The molecule has 2 heterocycles. The minimum atomic E-state index is -1.08. The van der Waals surface area contributed by atoms with Crippen LogP contribution in [0.5, 0.6) is 0 Å². The van der Waals surface area contributed by atoms with Crippen LogP contribution in [0.1, 0.15) is 20.2 Å². The van der Waals surface area contributed by atoms with Crippen molar-refractivity contribution in [3.63, 3.8) is 0 Å². The predicted octanol–water partition coefficient (Wildman–Crippen LogP) is 2.29. The van der Waals surface area contributed by atoms with Gasteiger partial charge in [0.1, 0.15) is 10.6 Å². The first-order chi connectivity index (χ1) is 8.61. The van der Waals surface area contributed by atoms with Crippen LogP contribution in [0.4, 0.5) is 0 Å². The molecule has 0 aliphatic carbocycles. The molecule has 92 valence electrons. The molecule has 0 aliphatic rings. The SMILES string of the molecule is COC(=O)c1cc(-c2ccnc(C(=O)O)c2)cs1. The summed E-state index contributed by atoms with van der Waals surface area (Å²) in [5.41, 5.74) is 1.44. The minimum absolute atomic E-state index is 0.0293. The molecule has 0 unspecified atom stereocenters. The molecule has 0 fully saturated rings. The van der Waals surface area contributed by atoms with E-state index in [1.54, 1.807) is 17.5 Å². The third kappa shape index (κ3) is 2.38. The highest BCUT2D eigenvalue weighted by Crippen LogP contribution is 2.26. The standard InChI is InChI=1S/C12H9NO4S/c1-17-12(16)10-5-8(6-18-10)7-2-3-13-9(4-7)11(14)15/h2-6H,1H3,(H,14,15). The summed E-state index contributed by atoms with van der Waals surface area (Å²) >= 11 is 1.25. The van der Waals surface area contributed by atoms with Gasteiger partial charge >= 0.3 is 11.9 Å². The minimum Gasteiger partial charge on any atom is -0.477 e. The lowest BCUT2D eigenvalue weighted by atomic mass is 10.1. The number of carbonyl (C=O) groups is 2. The van der Waals surface area contributed by atoms with Gasteiger partial charge in [0.05, 0.1) is 7.11 Å². The highest BCUT2D eigenvalue weighted by molar-refractivity contribution is 7.12. The fourth-order valence-electron chi connectivity index (χ4n) is 1.42. The molecule has 2 aromatic rings. The second kappa shape index (κ2) is 4.97. The lowest BCUT2D eigenvalue weighted by molar-refractivity contribution is 0.0605. The number of ether oxygens (including phenoxy) is 1. The van der Waals surface area contributed by atoms with Crippen molar-refractivity contribution in [3.05, 3.63) is 40.3 Å². The van der Waals surface area contributed by atoms with Gasteiger partial charge in [0, 0.05) is 6.20 Å². The number of carboxylic acids is 1. The largest absolute Gasteiger partial charge is 0.477 e. The highest BCUT2D eigenvalue weighted by atomic mass is 32.1. The Morgan fingerprint density at radius 1 is 1.33 bits per heavy atom. The lowest BCUT2D eigenvalue weighted by Gasteiger charge is -1.98. The van der Waals surface area contributed by atoms with Crippen LogP contribution >= 0.6 is 11.3 Å². The zero-order chi connectivity index (χ0) is 13.1. The fraction of sp³-hybridized carbons (Fsp3) is 0.0833. The molecule has 0 bridgehead atoms. The van der Waals surface area contributed by atoms with Crippen molar-refractivity contribution in [3.8, 4) is 11.1 Å². The maximum absolute atomic E-state index is 11.3. The van der Waals surface area contributed by atoms with Crippen molar-refractivity contribution in [2.24, 2.45) is 0 Å². The van der Waals surface area contributed by atoms with Gasteiger partial charge in [-0.15, -0.1) is 11.3 Å². The van der Waals surface area contributed by atoms with Crippen LogP contribution in [0.15, 0.2) is 29.8 Å². The molecular weight excluding hydrogens is 254 g/mol. The molecule has 0 aromatic carbocycles. The van der Waals surface area contributed by atoms with Crippen molar-refractivity contribution in [2.75, 3.05) is 7.11 Å². The number of esters is 1.